The van der Waals surface area contributed by atoms with Gasteiger partial charge in [-0.25, -0.2) is 0 Å². The molecule has 0 saturated carbocycles. The normalized spacial score (nSPS) is 10.3. The molecule has 0 amide bonds. The molecular weight excluding hydrogens is 304 g/mol. The Morgan fingerprint density at radius 2 is 1.89 bits per heavy atom. The third-order valence-corrected chi connectivity index (χ3v) is 3.47. The highest BCUT2D eigenvalue weighted by Crippen LogP contribution is 2.32. The molecule has 0 fully saturated rings. The van der Waals surface area contributed by atoms with E-state index in [1.54, 1.807) is 0 Å². The van der Waals surface area contributed by atoms with Gasteiger partial charge in [-0.3, -0.25) is 5.41 Å². The van der Waals surface area contributed by atoms with Crippen LogP contribution < -0.4 is 10.5 Å². The quantitative estimate of drug-likeness (QED) is 0.660. The highest BCUT2D eigenvalue weighted by atomic mass is 79.9. The van der Waals surface area contributed by atoms with Crippen molar-refractivity contribution in [1.82, 2.24) is 0 Å². The topological polar surface area (TPSA) is 59.1 Å². The summed E-state index contributed by atoms with van der Waals surface area (Å²) in [7, 11) is 0. The zero-order valence-electron chi connectivity index (χ0n) is 10.8. The smallest absolute Gasteiger partial charge is 0.139 e. The number of halogens is 1. The summed E-state index contributed by atoms with van der Waals surface area (Å²) < 4.78 is 6.67. The molecule has 19 heavy (non-hydrogen) atoms. The molecule has 0 aliphatic heterocycles. The van der Waals surface area contributed by atoms with Crippen LogP contribution in [0.25, 0.3) is 0 Å². The van der Waals surface area contributed by atoms with Crippen molar-refractivity contribution in [3.8, 4) is 11.5 Å². The Morgan fingerprint density at radius 1 is 1.16 bits per heavy atom. The Hall–Kier alpha value is -1.81. The predicted octanol–water partition coefficient (Wildman–Crippen LogP) is 4.14. The van der Waals surface area contributed by atoms with Crippen molar-refractivity contribution in [3.63, 3.8) is 0 Å². The second-order valence-corrected chi connectivity index (χ2v) is 5.25. The highest BCUT2D eigenvalue weighted by molar-refractivity contribution is 9.10. The number of aryl methyl sites for hydroxylation is 2. The van der Waals surface area contributed by atoms with Gasteiger partial charge < -0.3 is 10.5 Å². The van der Waals surface area contributed by atoms with Gasteiger partial charge in [-0.05, 0) is 59.1 Å². The number of ether oxygens (including phenoxy) is 1. The molecule has 0 bridgehead atoms. The summed E-state index contributed by atoms with van der Waals surface area (Å²) in [5.41, 5.74) is 8.35. The average molecular weight is 319 g/mol. The van der Waals surface area contributed by atoms with Crippen molar-refractivity contribution in [2.24, 2.45) is 5.73 Å². The monoisotopic (exact) mass is 318 g/mol. The summed E-state index contributed by atoms with van der Waals surface area (Å²) >= 11 is 3.39. The molecule has 0 heterocycles. The molecule has 0 radical (unpaired) electrons. The van der Waals surface area contributed by atoms with Gasteiger partial charge in [0.25, 0.3) is 0 Å². The highest BCUT2D eigenvalue weighted by Gasteiger charge is 2.12. The average Bonchev–Trinajstić information content (AvgIpc) is 2.33. The van der Waals surface area contributed by atoms with E-state index in [-0.39, 0.29) is 5.84 Å². The molecule has 2 aromatic rings. The Kier molecular flexibility index (Phi) is 3.90. The fraction of sp³-hybridized carbons (Fsp3) is 0.133. The van der Waals surface area contributed by atoms with Crippen molar-refractivity contribution >= 4 is 21.8 Å². The van der Waals surface area contributed by atoms with E-state index < -0.39 is 0 Å². The lowest BCUT2D eigenvalue weighted by Gasteiger charge is -2.13. The molecule has 0 unspecified atom stereocenters. The Bertz CT molecular complexity index is 638. The largest absolute Gasteiger partial charge is 0.456 e. The van der Waals surface area contributed by atoms with Crippen LogP contribution in [-0.2, 0) is 0 Å². The van der Waals surface area contributed by atoms with Crippen molar-refractivity contribution in [2.45, 2.75) is 13.8 Å². The molecule has 0 aliphatic rings. The first kappa shape index (κ1) is 13.6. The first-order valence-corrected chi connectivity index (χ1v) is 6.66. The van der Waals surface area contributed by atoms with Crippen LogP contribution in [0.1, 0.15) is 16.7 Å². The van der Waals surface area contributed by atoms with Crippen LogP contribution in [0.3, 0.4) is 0 Å². The molecular formula is C15H15BrN2O. The maximum absolute atomic E-state index is 7.65. The number of nitrogens with two attached hydrogens (primary N) is 1. The number of nitrogen functional groups attached to an aromatic ring is 1. The van der Waals surface area contributed by atoms with E-state index in [1.807, 2.05) is 50.2 Å². The molecule has 0 aromatic heterocycles. The van der Waals surface area contributed by atoms with Crippen LogP contribution >= 0.6 is 15.9 Å². The standard InChI is InChI=1S/C15H15BrN2O/c1-9-6-7-10(2)13(8-9)19-12-5-3-4-11(16)14(12)15(17)18/h3-8H,1-2H3,(H3,17,18). The second kappa shape index (κ2) is 5.45. The number of rotatable bonds is 3. The van der Waals surface area contributed by atoms with E-state index >= 15 is 0 Å². The first-order chi connectivity index (χ1) is 8.99. The Morgan fingerprint density at radius 3 is 2.58 bits per heavy atom. The maximum Gasteiger partial charge on any atom is 0.139 e. The van der Waals surface area contributed by atoms with Crippen molar-refractivity contribution in [3.05, 3.63) is 57.6 Å². The molecule has 4 heteroatoms. The van der Waals surface area contributed by atoms with Crippen LogP contribution in [0, 0.1) is 19.3 Å². The van der Waals surface area contributed by atoms with Gasteiger partial charge in [0.05, 0.1) is 5.56 Å². The molecule has 2 rings (SSSR count). The minimum absolute atomic E-state index is 0.0206. The lowest BCUT2D eigenvalue weighted by atomic mass is 10.1. The molecule has 3 N–H and O–H groups in total. The minimum Gasteiger partial charge on any atom is -0.456 e. The lowest BCUT2D eigenvalue weighted by Crippen LogP contribution is -2.13. The molecule has 98 valence electrons. The van der Waals surface area contributed by atoms with Gasteiger partial charge in [-0.15, -0.1) is 0 Å². The zero-order chi connectivity index (χ0) is 14.0. The van der Waals surface area contributed by atoms with Crippen molar-refractivity contribution in [2.75, 3.05) is 0 Å². The molecule has 0 spiro atoms. The fourth-order valence-corrected chi connectivity index (χ4v) is 2.35. The summed E-state index contributed by atoms with van der Waals surface area (Å²) in [5.74, 6) is 1.34. The van der Waals surface area contributed by atoms with Crippen LogP contribution in [0.15, 0.2) is 40.9 Å². The van der Waals surface area contributed by atoms with Gasteiger partial charge >= 0.3 is 0 Å². The number of hydrogen-bond acceptors (Lipinski definition) is 2. The summed E-state index contributed by atoms with van der Waals surface area (Å²) in [5, 5.41) is 7.65. The van der Waals surface area contributed by atoms with Crippen molar-refractivity contribution in [1.29, 1.82) is 5.41 Å². The number of amidine groups is 1. The molecule has 3 nitrogen and oxygen atoms in total. The minimum atomic E-state index is -0.0206. The maximum atomic E-state index is 7.65. The van der Waals surface area contributed by atoms with E-state index in [0.29, 0.717) is 11.3 Å². The van der Waals surface area contributed by atoms with Crippen LogP contribution in [0.5, 0.6) is 11.5 Å². The summed E-state index contributed by atoms with van der Waals surface area (Å²) in [6.07, 6.45) is 0. The van der Waals surface area contributed by atoms with E-state index in [0.717, 1.165) is 21.3 Å². The van der Waals surface area contributed by atoms with Gasteiger partial charge in [-0.2, -0.15) is 0 Å². The summed E-state index contributed by atoms with van der Waals surface area (Å²) in [6, 6.07) is 11.5. The van der Waals surface area contributed by atoms with E-state index in [1.165, 1.54) is 0 Å². The predicted molar refractivity (Wildman–Crippen MR) is 81.1 cm³/mol. The molecule has 0 aliphatic carbocycles. The zero-order valence-corrected chi connectivity index (χ0v) is 12.4. The van der Waals surface area contributed by atoms with E-state index in [2.05, 4.69) is 15.9 Å². The van der Waals surface area contributed by atoms with Crippen LogP contribution in [0.2, 0.25) is 0 Å². The Labute approximate surface area is 121 Å². The summed E-state index contributed by atoms with van der Waals surface area (Å²) in [6.45, 7) is 4.00. The number of hydrogen-bond donors (Lipinski definition) is 2. The van der Waals surface area contributed by atoms with Gasteiger partial charge in [0.2, 0.25) is 0 Å². The van der Waals surface area contributed by atoms with E-state index in [9.17, 15) is 0 Å². The molecule has 0 atom stereocenters. The van der Waals surface area contributed by atoms with Crippen LogP contribution in [-0.4, -0.2) is 5.84 Å². The van der Waals surface area contributed by atoms with Gasteiger partial charge in [0, 0.05) is 4.47 Å². The van der Waals surface area contributed by atoms with Gasteiger partial charge in [-0.1, -0.05) is 18.2 Å². The third-order valence-electron chi connectivity index (χ3n) is 2.81. The SMILES string of the molecule is Cc1ccc(C)c(Oc2cccc(Br)c2C(=N)N)c1. The van der Waals surface area contributed by atoms with Gasteiger partial charge in [0.15, 0.2) is 0 Å². The van der Waals surface area contributed by atoms with Crippen LogP contribution in [0.4, 0.5) is 0 Å². The van der Waals surface area contributed by atoms with E-state index in [4.69, 9.17) is 15.9 Å². The second-order valence-electron chi connectivity index (χ2n) is 4.40. The Balaban J connectivity index is 2.46. The van der Waals surface area contributed by atoms with Crippen molar-refractivity contribution < 1.29 is 4.74 Å². The third kappa shape index (κ3) is 2.96. The fourth-order valence-electron chi connectivity index (χ4n) is 1.79. The number of nitrogens with one attached hydrogen (secondary N) is 1. The molecule has 0 saturated heterocycles. The molecule has 2 aromatic carbocycles. The first-order valence-electron chi connectivity index (χ1n) is 5.87. The summed E-state index contributed by atoms with van der Waals surface area (Å²) in [4.78, 5) is 0. The van der Waals surface area contributed by atoms with Gasteiger partial charge in [0.1, 0.15) is 17.3 Å². The number of benzene rings is 2. The lowest BCUT2D eigenvalue weighted by molar-refractivity contribution is 0.477.